The SMILES string of the molecule is c1cncc(COCC2CN(CC3CC3)Cc3ncn(CC4CC4)c32)c1. The van der Waals surface area contributed by atoms with Crippen LogP contribution in [0.3, 0.4) is 0 Å². The van der Waals surface area contributed by atoms with E-state index in [1.54, 1.807) is 0 Å². The van der Waals surface area contributed by atoms with Crippen LogP contribution < -0.4 is 0 Å². The standard InChI is InChI=1S/C21H28N4O/c1-2-18(8-22-7-1)13-26-14-19-11-24(9-16-3-4-16)12-20-21(19)25(15-23-20)10-17-5-6-17/h1-2,7-8,15-17,19H,3-6,9-14H2. The Morgan fingerprint density at radius 3 is 2.73 bits per heavy atom. The second-order valence-electron chi connectivity index (χ2n) is 8.38. The van der Waals surface area contributed by atoms with Crippen molar-refractivity contribution in [2.75, 3.05) is 19.7 Å². The normalized spacial score (nSPS) is 23.2. The van der Waals surface area contributed by atoms with Crippen molar-refractivity contribution in [2.45, 2.75) is 51.3 Å². The number of rotatable bonds is 8. The van der Waals surface area contributed by atoms with Crippen molar-refractivity contribution < 1.29 is 4.74 Å². The lowest BCUT2D eigenvalue weighted by molar-refractivity contribution is 0.0831. The van der Waals surface area contributed by atoms with Crippen LogP contribution in [0.2, 0.25) is 0 Å². The van der Waals surface area contributed by atoms with E-state index >= 15 is 0 Å². The molecule has 2 aromatic rings. The van der Waals surface area contributed by atoms with E-state index in [2.05, 4.69) is 26.8 Å². The van der Waals surface area contributed by atoms with Crippen molar-refractivity contribution in [1.29, 1.82) is 0 Å². The Hall–Kier alpha value is -1.72. The van der Waals surface area contributed by atoms with Gasteiger partial charge in [-0.15, -0.1) is 0 Å². The predicted octanol–water partition coefficient (Wildman–Crippen LogP) is 3.21. The van der Waals surface area contributed by atoms with Gasteiger partial charge < -0.3 is 9.30 Å². The van der Waals surface area contributed by atoms with E-state index in [1.807, 2.05) is 18.5 Å². The zero-order valence-corrected chi connectivity index (χ0v) is 15.4. The van der Waals surface area contributed by atoms with Gasteiger partial charge in [0.1, 0.15) is 0 Å². The summed E-state index contributed by atoms with van der Waals surface area (Å²) in [5.41, 5.74) is 3.87. The molecule has 0 bridgehead atoms. The highest BCUT2D eigenvalue weighted by molar-refractivity contribution is 5.22. The van der Waals surface area contributed by atoms with Gasteiger partial charge in [-0.2, -0.15) is 0 Å². The summed E-state index contributed by atoms with van der Waals surface area (Å²) in [6.07, 6.45) is 11.3. The van der Waals surface area contributed by atoms with Crippen LogP contribution >= 0.6 is 0 Å². The molecule has 0 N–H and O–H groups in total. The first-order chi connectivity index (χ1) is 12.8. The maximum absolute atomic E-state index is 6.12. The highest BCUT2D eigenvalue weighted by Crippen LogP contribution is 2.36. The Balaban J connectivity index is 1.29. The van der Waals surface area contributed by atoms with Gasteiger partial charge in [0.15, 0.2) is 0 Å². The lowest BCUT2D eigenvalue weighted by Crippen LogP contribution is -2.37. The molecular formula is C21H28N4O. The Kier molecular flexibility index (Phi) is 4.51. The first-order valence-corrected chi connectivity index (χ1v) is 10.1. The number of pyridine rings is 1. The quantitative estimate of drug-likeness (QED) is 0.732. The number of ether oxygens (including phenoxy) is 1. The molecule has 3 heterocycles. The van der Waals surface area contributed by atoms with Gasteiger partial charge in [0.25, 0.3) is 0 Å². The fourth-order valence-electron chi connectivity index (χ4n) is 4.16. The van der Waals surface area contributed by atoms with Gasteiger partial charge in [0.05, 0.1) is 25.2 Å². The van der Waals surface area contributed by atoms with Crippen LogP contribution in [-0.2, 0) is 24.4 Å². The van der Waals surface area contributed by atoms with Crippen molar-refractivity contribution in [1.82, 2.24) is 19.4 Å². The average Bonchev–Trinajstić information content (AvgIpc) is 3.57. The molecule has 0 aromatic carbocycles. The van der Waals surface area contributed by atoms with E-state index in [9.17, 15) is 0 Å². The third-order valence-electron chi connectivity index (χ3n) is 5.87. The number of aromatic nitrogens is 3. The number of hydrogen-bond acceptors (Lipinski definition) is 4. The maximum Gasteiger partial charge on any atom is 0.0952 e. The van der Waals surface area contributed by atoms with Crippen molar-refractivity contribution in [3.63, 3.8) is 0 Å². The minimum Gasteiger partial charge on any atom is -0.376 e. The molecule has 2 aromatic heterocycles. The van der Waals surface area contributed by atoms with Crippen molar-refractivity contribution >= 4 is 0 Å². The summed E-state index contributed by atoms with van der Waals surface area (Å²) >= 11 is 0. The summed E-state index contributed by atoms with van der Waals surface area (Å²) in [6.45, 7) is 5.89. The van der Waals surface area contributed by atoms with E-state index in [0.29, 0.717) is 12.5 Å². The van der Waals surface area contributed by atoms with E-state index in [-0.39, 0.29) is 0 Å². The van der Waals surface area contributed by atoms with Gasteiger partial charge >= 0.3 is 0 Å². The molecule has 5 nitrogen and oxygen atoms in total. The largest absolute Gasteiger partial charge is 0.376 e. The molecule has 5 rings (SSSR count). The molecule has 2 aliphatic carbocycles. The Morgan fingerprint density at radius 2 is 1.96 bits per heavy atom. The van der Waals surface area contributed by atoms with E-state index in [0.717, 1.165) is 43.6 Å². The molecule has 3 aliphatic rings. The molecule has 2 saturated carbocycles. The second kappa shape index (κ2) is 7.12. The molecule has 0 radical (unpaired) electrons. The second-order valence-corrected chi connectivity index (χ2v) is 8.38. The summed E-state index contributed by atoms with van der Waals surface area (Å²) < 4.78 is 8.55. The Labute approximate surface area is 155 Å². The van der Waals surface area contributed by atoms with Crippen LogP contribution in [0.5, 0.6) is 0 Å². The van der Waals surface area contributed by atoms with Crippen LogP contribution in [-0.4, -0.2) is 39.1 Å². The maximum atomic E-state index is 6.12. The average molecular weight is 352 g/mol. The third kappa shape index (κ3) is 3.84. The van der Waals surface area contributed by atoms with Gasteiger partial charge in [0.2, 0.25) is 0 Å². The zero-order chi connectivity index (χ0) is 17.3. The minimum absolute atomic E-state index is 0.426. The smallest absolute Gasteiger partial charge is 0.0952 e. The molecule has 2 fully saturated rings. The molecule has 0 spiro atoms. The summed E-state index contributed by atoms with van der Waals surface area (Å²) in [4.78, 5) is 11.6. The first kappa shape index (κ1) is 16.5. The Bertz CT molecular complexity index is 736. The monoisotopic (exact) mass is 352 g/mol. The molecule has 0 saturated heterocycles. The molecule has 138 valence electrons. The minimum atomic E-state index is 0.426. The zero-order valence-electron chi connectivity index (χ0n) is 15.4. The fourth-order valence-corrected chi connectivity index (χ4v) is 4.16. The third-order valence-corrected chi connectivity index (χ3v) is 5.87. The van der Waals surface area contributed by atoms with Gasteiger partial charge in [-0.05, 0) is 49.1 Å². The van der Waals surface area contributed by atoms with Gasteiger partial charge in [-0.3, -0.25) is 9.88 Å². The molecule has 5 heteroatoms. The molecule has 1 aliphatic heterocycles. The molecule has 1 atom stereocenters. The van der Waals surface area contributed by atoms with E-state index < -0.39 is 0 Å². The van der Waals surface area contributed by atoms with Crippen molar-refractivity contribution in [3.8, 4) is 0 Å². The highest BCUT2D eigenvalue weighted by Gasteiger charge is 2.34. The fraction of sp³-hybridized carbons (Fsp3) is 0.619. The summed E-state index contributed by atoms with van der Waals surface area (Å²) in [7, 11) is 0. The highest BCUT2D eigenvalue weighted by atomic mass is 16.5. The van der Waals surface area contributed by atoms with Gasteiger partial charge in [0, 0.05) is 50.2 Å². The van der Waals surface area contributed by atoms with Gasteiger partial charge in [-0.1, -0.05) is 6.07 Å². The lowest BCUT2D eigenvalue weighted by atomic mass is 9.98. The summed E-state index contributed by atoms with van der Waals surface area (Å²) in [5.74, 6) is 2.22. The topological polar surface area (TPSA) is 43.2 Å². The van der Waals surface area contributed by atoms with Crippen LogP contribution in [0.25, 0.3) is 0 Å². The predicted molar refractivity (Wildman–Crippen MR) is 99.6 cm³/mol. The number of hydrogen-bond donors (Lipinski definition) is 0. The molecular weight excluding hydrogens is 324 g/mol. The number of nitrogens with zero attached hydrogens (tertiary/aromatic N) is 4. The Morgan fingerprint density at radius 1 is 1.12 bits per heavy atom. The van der Waals surface area contributed by atoms with Gasteiger partial charge in [-0.25, -0.2) is 4.98 Å². The van der Waals surface area contributed by atoms with E-state index in [1.165, 1.54) is 43.6 Å². The van der Waals surface area contributed by atoms with Crippen molar-refractivity contribution in [3.05, 3.63) is 47.8 Å². The van der Waals surface area contributed by atoms with Crippen LogP contribution in [0.15, 0.2) is 30.9 Å². The summed E-state index contributed by atoms with van der Waals surface area (Å²) in [5, 5.41) is 0. The van der Waals surface area contributed by atoms with E-state index in [4.69, 9.17) is 9.72 Å². The summed E-state index contributed by atoms with van der Waals surface area (Å²) in [6, 6.07) is 4.05. The lowest BCUT2D eigenvalue weighted by Gasteiger charge is -2.33. The molecule has 0 amide bonds. The first-order valence-electron chi connectivity index (χ1n) is 10.1. The van der Waals surface area contributed by atoms with Crippen LogP contribution in [0, 0.1) is 11.8 Å². The number of imidazole rings is 1. The van der Waals surface area contributed by atoms with Crippen LogP contribution in [0.4, 0.5) is 0 Å². The molecule has 1 unspecified atom stereocenters. The molecule has 26 heavy (non-hydrogen) atoms. The van der Waals surface area contributed by atoms with Crippen LogP contribution in [0.1, 0.15) is 48.6 Å². The number of fused-ring (bicyclic) bond motifs is 1. The van der Waals surface area contributed by atoms with Crippen molar-refractivity contribution in [2.24, 2.45) is 11.8 Å².